The number of nitrogens with zero attached hydrogens (tertiary/aromatic N) is 2. The minimum atomic E-state index is -0.0721. The van der Waals surface area contributed by atoms with E-state index in [-0.39, 0.29) is 11.7 Å². The summed E-state index contributed by atoms with van der Waals surface area (Å²) in [6, 6.07) is 11.0. The third-order valence-corrected chi connectivity index (χ3v) is 5.43. The molecule has 1 aliphatic rings. The van der Waals surface area contributed by atoms with Crippen LogP contribution in [0.1, 0.15) is 23.6 Å². The molecule has 0 atom stereocenters. The number of carbonyl (C=O) groups excluding carboxylic acids is 1. The highest BCUT2D eigenvalue weighted by atomic mass is 32.2. The number of hydrogen-bond acceptors (Lipinski definition) is 5. The van der Waals surface area contributed by atoms with Gasteiger partial charge >= 0.3 is 0 Å². The molecule has 27 heavy (non-hydrogen) atoms. The van der Waals surface area contributed by atoms with Crippen LogP contribution in [-0.2, 0) is 4.79 Å². The summed E-state index contributed by atoms with van der Waals surface area (Å²) in [5.41, 5.74) is 3.99. The van der Waals surface area contributed by atoms with Crippen molar-refractivity contribution in [3.63, 3.8) is 0 Å². The number of aryl methyl sites for hydroxylation is 2. The molecule has 5 nitrogen and oxygen atoms in total. The van der Waals surface area contributed by atoms with Crippen molar-refractivity contribution in [2.24, 2.45) is 4.99 Å². The van der Waals surface area contributed by atoms with E-state index < -0.39 is 0 Å². The molecule has 0 unspecified atom stereocenters. The highest BCUT2D eigenvalue weighted by Gasteiger charge is 2.32. The van der Waals surface area contributed by atoms with Crippen LogP contribution in [0, 0.1) is 13.8 Å². The van der Waals surface area contributed by atoms with Gasteiger partial charge in [0.1, 0.15) is 0 Å². The summed E-state index contributed by atoms with van der Waals surface area (Å²) in [6.45, 7) is 6.59. The molecule has 0 spiro atoms. The van der Waals surface area contributed by atoms with E-state index >= 15 is 0 Å². The lowest BCUT2D eigenvalue weighted by Crippen LogP contribution is -2.28. The Bertz CT molecular complexity index is 950. The van der Waals surface area contributed by atoms with Crippen LogP contribution in [0.25, 0.3) is 6.08 Å². The second kappa shape index (κ2) is 7.88. The number of rotatable bonds is 4. The second-order valence-corrected chi connectivity index (χ2v) is 7.26. The van der Waals surface area contributed by atoms with Crippen molar-refractivity contribution < 1.29 is 14.6 Å². The molecule has 6 heteroatoms. The fourth-order valence-corrected chi connectivity index (χ4v) is 3.77. The SMILES string of the molecule is CCN1C(=O)C(=Cc2ccc(O)c(OC)c2)SC1=Nc1ccc(C)c(C)c1. The molecule has 1 heterocycles. The maximum atomic E-state index is 12.8. The van der Waals surface area contributed by atoms with E-state index in [9.17, 15) is 9.90 Å². The maximum Gasteiger partial charge on any atom is 0.266 e. The second-order valence-electron chi connectivity index (χ2n) is 6.25. The molecule has 140 valence electrons. The van der Waals surface area contributed by atoms with Crippen molar-refractivity contribution in [3.8, 4) is 11.5 Å². The molecular weight excluding hydrogens is 360 g/mol. The van der Waals surface area contributed by atoms with Crippen LogP contribution in [0.5, 0.6) is 11.5 Å². The van der Waals surface area contributed by atoms with E-state index in [1.165, 1.54) is 30.0 Å². The predicted molar refractivity (Wildman–Crippen MR) is 111 cm³/mol. The van der Waals surface area contributed by atoms with Crippen molar-refractivity contribution in [1.29, 1.82) is 0 Å². The maximum absolute atomic E-state index is 12.8. The highest BCUT2D eigenvalue weighted by Crippen LogP contribution is 2.35. The number of aliphatic imine (C=N–C) groups is 1. The molecular formula is C21H22N2O3S. The Labute approximate surface area is 163 Å². The summed E-state index contributed by atoms with van der Waals surface area (Å²) in [4.78, 5) is 19.7. The Kier molecular flexibility index (Phi) is 5.56. The van der Waals surface area contributed by atoms with E-state index in [0.717, 1.165) is 11.3 Å². The molecule has 0 saturated carbocycles. The topological polar surface area (TPSA) is 62.1 Å². The van der Waals surface area contributed by atoms with E-state index in [4.69, 9.17) is 4.74 Å². The van der Waals surface area contributed by atoms with E-state index in [1.54, 1.807) is 29.2 Å². The van der Waals surface area contributed by atoms with Gasteiger partial charge in [0.05, 0.1) is 17.7 Å². The van der Waals surface area contributed by atoms with Gasteiger partial charge in [-0.1, -0.05) is 12.1 Å². The number of benzene rings is 2. The predicted octanol–water partition coefficient (Wildman–Crippen LogP) is 4.64. The van der Waals surface area contributed by atoms with Crippen molar-refractivity contribution >= 4 is 34.6 Å². The molecule has 0 bridgehead atoms. The number of phenols is 1. The first-order valence-corrected chi connectivity index (χ1v) is 9.49. The zero-order valence-electron chi connectivity index (χ0n) is 15.8. The molecule has 0 aliphatic carbocycles. The van der Waals surface area contributed by atoms with Gasteiger partial charge in [-0.3, -0.25) is 9.69 Å². The molecule has 1 aliphatic heterocycles. The van der Waals surface area contributed by atoms with Crippen LogP contribution in [0.3, 0.4) is 0 Å². The number of amides is 1. The number of methoxy groups -OCH3 is 1. The lowest BCUT2D eigenvalue weighted by Gasteiger charge is -2.12. The number of phenolic OH excluding ortho intramolecular Hbond substituents is 1. The minimum absolute atomic E-state index is 0.0669. The molecule has 1 amide bonds. The van der Waals surface area contributed by atoms with E-state index in [1.807, 2.05) is 32.0 Å². The van der Waals surface area contributed by atoms with Crippen molar-refractivity contribution in [2.75, 3.05) is 13.7 Å². The van der Waals surface area contributed by atoms with Crippen LogP contribution in [-0.4, -0.2) is 34.7 Å². The molecule has 1 fully saturated rings. The summed E-state index contributed by atoms with van der Waals surface area (Å²) in [5, 5.41) is 10.4. The van der Waals surface area contributed by atoms with Crippen LogP contribution < -0.4 is 4.74 Å². The number of amidine groups is 1. The summed E-state index contributed by atoms with van der Waals surface area (Å²) in [6.07, 6.45) is 1.79. The highest BCUT2D eigenvalue weighted by molar-refractivity contribution is 8.18. The molecule has 1 saturated heterocycles. The number of thioether (sulfide) groups is 1. The summed E-state index contributed by atoms with van der Waals surface area (Å²) in [7, 11) is 1.49. The first-order valence-electron chi connectivity index (χ1n) is 8.67. The Balaban J connectivity index is 1.94. The summed E-state index contributed by atoms with van der Waals surface area (Å²) >= 11 is 1.35. The average Bonchev–Trinajstić information content (AvgIpc) is 2.94. The van der Waals surface area contributed by atoms with Gasteiger partial charge in [0, 0.05) is 6.54 Å². The molecule has 2 aromatic rings. The van der Waals surface area contributed by atoms with Gasteiger partial charge in [0.15, 0.2) is 16.7 Å². The molecule has 0 radical (unpaired) electrons. The van der Waals surface area contributed by atoms with Crippen LogP contribution in [0.4, 0.5) is 5.69 Å². The molecule has 3 rings (SSSR count). The van der Waals surface area contributed by atoms with Crippen LogP contribution >= 0.6 is 11.8 Å². The zero-order valence-corrected chi connectivity index (χ0v) is 16.6. The van der Waals surface area contributed by atoms with Gasteiger partial charge < -0.3 is 9.84 Å². The first-order chi connectivity index (χ1) is 12.9. The van der Waals surface area contributed by atoms with Crippen molar-refractivity contribution in [1.82, 2.24) is 4.90 Å². The number of likely N-dealkylation sites (N-methyl/N-ethyl adjacent to an activating group) is 1. The van der Waals surface area contributed by atoms with Crippen LogP contribution in [0.2, 0.25) is 0 Å². The zero-order chi connectivity index (χ0) is 19.6. The molecule has 1 N–H and O–H groups in total. The van der Waals surface area contributed by atoms with Crippen LogP contribution in [0.15, 0.2) is 46.3 Å². The van der Waals surface area contributed by atoms with Crippen molar-refractivity contribution in [2.45, 2.75) is 20.8 Å². The van der Waals surface area contributed by atoms with Gasteiger partial charge in [-0.15, -0.1) is 0 Å². The van der Waals surface area contributed by atoms with Crippen molar-refractivity contribution in [3.05, 3.63) is 58.0 Å². The average molecular weight is 382 g/mol. The van der Waals surface area contributed by atoms with E-state index in [2.05, 4.69) is 11.9 Å². The Morgan fingerprint density at radius 2 is 1.96 bits per heavy atom. The smallest absolute Gasteiger partial charge is 0.266 e. The quantitative estimate of drug-likeness (QED) is 0.783. The number of ether oxygens (including phenoxy) is 1. The Morgan fingerprint density at radius 1 is 1.19 bits per heavy atom. The lowest BCUT2D eigenvalue weighted by atomic mass is 10.1. The fraction of sp³-hybridized carbons (Fsp3) is 0.238. The van der Waals surface area contributed by atoms with Gasteiger partial charge in [0.2, 0.25) is 0 Å². The largest absolute Gasteiger partial charge is 0.504 e. The molecule has 0 aromatic heterocycles. The monoisotopic (exact) mass is 382 g/mol. The number of carbonyl (C=O) groups is 1. The fourth-order valence-electron chi connectivity index (χ4n) is 2.71. The summed E-state index contributed by atoms with van der Waals surface area (Å²) in [5.74, 6) is 0.366. The van der Waals surface area contributed by atoms with Gasteiger partial charge in [-0.2, -0.15) is 0 Å². The third-order valence-electron chi connectivity index (χ3n) is 4.42. The first kappa shape index (κ1) is 19.0. The number of hydrogen-bond donors (Lipinski definition) is 1. The minimum Gasteiger partial charge on any atom is -0.504 e. The van der Waals surface area contributed by atoms with Gasteiger partial charge in [0.25, 0.3) is 5.91 Å². The standard InChI is InChI=1S/C21H22N2O3S/c1-5-23-20(25)19(12-15-7-9-17(24)18(11-15)26-4)27-21(23)22-16-8-6-13(2)14(3)10-16/h6-12,24H,5H2,1-4H3. The van der Waals surface area contributed by atoms with Gasteiger partial charge in [-0.25, -0.2) is 4.99 Å². The Hall–Kier alpha value is -2.73. The summed E-state index contributed by atoms with van der Waals surface area (Å²) < 4.78 is 5.14. The molecule has 2 aromatic carbocycles. The van der Waals surface area contributed by atoms with Gasteiger partial charge in [-0.05, 0) is 79.6 Å². The number of aromatic hydroxyl groups is 1. The third kappa shape index (κ3) is 4.01. The Morgan fingerprint density at radius 3 is 2.63 bits per heavy atom. The lowest BCUT2D eigenvalue weighted by molar-refractivity contribution is -0.122. The normalized spacial score (nSPS) is 17.2. The van der Waals surface area contributed by atoms with E-state index in [0.29, 0.717) is 22.4 Å².